The first-order valence-electron chi connectivity index (χ1n) is 15.1. The summed E-state index contributed by atoms with van der Waals surface area (Å²) in [5.41, 5.74) is 0.890. The van der Waals surface area contributed by atoms with Crippen LogP contribution in [0.3, 0.4) is 0 Å². The number of hydrogen-bond acceptors (Lipinski definition) is 8. The highest BCUT2D eigenvalue weighted by Crippen LogP contribution is 2.33. The van der Waals surface area contributed by atoms with Crippen molar-refractivity contribution in [3.05, 3.63) is 72.3 Å². The molecule has 6 atom stereocenters. The van der Waals surface area contributed by atoms with E-state index in [1.807, 2.05) is 37.3 Å². The molecule has 2 fully saturated rings. The number of alkyl carbamates (subject to hydrolysis) is 1. The van der Waals surface area contributed by atoms with Crippen LogP contribution in [-0.2, 0) is 24.2 Å². The monoisotopic (exact) mass is 614 g/mol. The molecule has 5 rings (SSSR count). The van der Waals surface area contributed by atoms with Gasteiger partial charge in [-0.1, -0.05) is 55.5 Å². The Labute approximate surface area is 254 Å². The SMILES string of the molecule is C[C@H](c1ccccc1)[C@H](NC(=O)O[C@H]1CO[C@H]2OCCC21)[C@H](O)CN1CCCC/C=C\CCOc2cccc(c2)S1(=O)=O. The second-order valence-corrected chi connectivity index (χ2v) is 13.3. The van der Waals surface area contributed by atoms with Crippen molar-refractivity contribution in [3.63, 3.8) is 0 Å². The topological polar surface area (TPSA) is 124 Å². The molecule has 1 unspecified atom stereocenters. The summed E-state index contributed by atoms with van der Waals surface area (Å²) in [7, 11) is -3.99. The van der Waals surface area contributed by atoms with E-state index in [4.69, 9.17) is 18.9 Å². The van der Waals surface area contributed by atoms with Crippen LogP contribution in [0.25, 0.3) is 0 Å². The lowest BCUT2D eigenvalue weighted by atomic mass is 9.89. The van der Waals surface area contributed by atoms with Crippen molar-refractivity contribution in [3.8, 4) is 5.75 Å². The summed E-state index contributed by atoms with van der Waals surface area (Å²) in [4.78, 5) is 13.3. The molecule has 11 heteroatoms. The first kappa shape index (κ1) is 31.5. The molecule has 2 aromatic carbocycles. The number of fused-ring (bicyclic) bond motifs is 3. The normalized spacial score (nSPS) is 27.1. The van der Waals surface area contributed by atoms with E-state index in [0.717, 1.165) is 31.2 Å². The molecule has 0 spiro atoms. The van der Waals surface area contributed by atoms with Gasteiger partial charge in [0.25, 0.3) is 0 Å². The summed E-state index contributed by atoms with van der Waals surface area (Å²) in [6.07, 6.45) is 5.13. The van der Waals surface area contributed by atoms with Crippen molar-refractivity contribution in [2.75, 3.05) is 32.9 Å². The summed E-state index contributed by atoms with van der Waals surface area (Å²) >= 11 is 0. The molecular weight excluding hydrogens is 572 g/mol. The number of amides is 1. The van der Waals surface area contributed by atoms with E-state index in [2.05, 4.69) is 17.5 Å². The molecule has 2 N–H and O–H groups in total. The van der Waals surface area contributed by atoms with Crippen LogP contribution in [-0.4, -0.2) is 81.4 Å². The number of rotatable bonds is 7. The molecule has 0 saturated carbocycles. The van der Waals surface area contributed by atoms with E-state index in [0.29, 0.717) is 25.4 Å². The minimum absolute atomic E-state index is 0.0313. The van der Waals surface area contributed by atoms with Gasteiger partial charge in [0, 0.05) is 25.1 Å². The van der Waals surface area contributed by atoms with E-state index in [1.54, 1.807) is 12.1 Å². The minimum Gasteiger partial charge on any atom is -0.493 e. The first-order valence-corrected chi connectivity index (χ1v) is 16.6. The van der Waals surface area contributed by atoms with Gasteiger partial charge in [-0.25, -0.2) is 13.2 Å². The maximum Gasteiger partial charge on any atom is 0.407 e. The quantitative estimate of drug-likeness (QED) is 0.445. The van der Waals surface area contributed by atoms with Crippen molar-refractivity contribution in [2.45, 2.75) is 74.4 Å². The third kappa shape index (κ3) is 7.96. The summed E-state index contributed by atoms with van der Waals surface area (Å²) < 4.78 is 51.9. The Morgan fingerprint density at radius 1 is 1.07 bits per heavy atom. The lowest BCUT2D eigenvalue weighted by molar-refractivity contribution is -0.0907. The first-order chi connectivity index (χ1) is 20.8. The van der Waals surface area contributed by atoms with Crippen LogP contribution in [0.4, 0.5) is 4.79 Å². The Hall–Kier alpha value is -2.96. The molecule has 3 aliphatic rings. The molecule has 0 aliphatic carbocycles. The third-order valence-electron chi connectivity index (χ3n) is 8.39. The molecule has 43 heavy (non-hydrogen) atoms. The molecule has 3 aliphatic heterocycles. The maximum absolute atomic E-state index is 13.9. The van der Waals surface area contributed by atoms with E-state index >= 15 is 0 Å². The van der Waals surface area contributed by atoms with Crippen LogP contribution >= 0.6 is 0 Å². The van der Waals surface area contributed by atoms with Crippen molar-refractivity contribution in [1.82, 2.24) is 9.62 Å². The number of β-amino-alcohol motifs (C(OH)–C–C–N with tert-alkyl or cyclic N) is 1. The second kappa shape index (κ2) is 14.7. The van der Waals surface area contributed by atoms with Gasteiger partial charge in [-0.3, -0.25) is 0 Å². The lowest BCUT2D eigenvalue weighted by Crippen LogP contribution is -2.52. The van der Waals surface area contributed by atoms with E-state index in [9.17, 15) is 18.3 Å². The zero-order valence-electron chi connectivity index (χ0n) is 24.5. The van der Waals surface area contributed by atoms with Crippen LogP contribution in [0.15, 0.2) is 71.6 Å². The van der Waals surface area contributed by atoms with Crippen molar-refractivity contribution in [1.29, 1.82) is 0 Å². The van der Waals surface area contributed by atoms with E-state index in [-0.39, 0.29) is 42.7 Å². The van der Waals surface area contributed by atoms with Gasteiger partial charge in [0.15, 0.2) is 6.29 Å². The largest absolute Gasteiger partial charge is 0.493 e. The number of allylic oxidation sites excluding steroid dienone is 1. The molecule has 2 aromatic rings. The van der Waals surface area contributed by atoms with Crippen LogP contribution in [0.1, 0.15) is 50.5 Å². The van der Waals surface area contributed by atoms with Gasteiger partial charge in [-0.2, -0.15) is 4.31 Å². The maximum atomic E-state index is 13.9. The number of aliphatic hydroxyl groups excluding tert-OH is 1. The zero-order valence-corrected chi connectivity index (χ0v) is 25.4. The van der Waals surface area contributed by atoms with Gasteiger partial charge in [0.2, 0.25) is 10.0 Å². The highest BCUT2D eigenvalue weighted by molar-refractivity contribution is 7.89. The van der Waals surface area contributed by atoms with Crippen LogP contribution in [0, 0.1) is 5.92 Å². The number of hydrogen-bond donors (Lipinski definition) is 2. The van der Waals surface area contributed by atoms with Crippen molar-refractivity contribution < 1.29 is 37.3 Å². The Morgan fingerprint density at radius 3 is 2.72 bits per heavy atom. The second-order valence-electron chi connectivity index (χ2n) is 11.3. The van der Waals surface area contributed by atoms with Crippen molar-refractivity contribution >= 4 is 16.1 Å². The number of benzene rings is 2. The van der Waals surface area contributed by atoms with Crippen LogP contribution in [0.2, 0.25) is 0 Å². The molecule has 0 radical (unpaired) electrons. The standard InChI is InChI=1S/C32H42N2O8S/c1-23(24-12-7-6-8-13-24)30(33-32(36)42-29-22-41-31-27(29)16-19-40-31)28(35)21-34-17-9-4-2-3-5-10-18-39-25-14-11-15-26(20-25)43(34,37)38/h3,5-8,11-15,20,23,27-31,35H,2,4,9-10,16-19,21-22H2,1H3,(H,33,36)/b5-3-/t23-,27?,28-,29+,30+,31-/m1/s1. The lowest BCUT2D eigenvalue weighted by Gasteiger charge is -2.33. The summed E-state index contributed by atoms with van der Waals surface area (Å²) in [5, 5.41) is 14.5. The number of sulfonamides is 1. The summed E-state index contributed by atoms with van der Waals surface area (Å²) in [6, 6.07) is 15.1. The smallest absolute Gasteiger partial charge is 0.407 e. The molecule has 2 bridgehead atoms. The number of nitrogens with zero attached hydrogens (tertiary/aromatic N) is 1. The van der Waals surface area contributed by atoms with Gasteiger partial charge >= 0.3 is 6.09 Å². The molecule has 0 aromatic heterocycles. The fourth-order valence-corrected chi connectivity index (χ4v) is 7.44. The predicted molar refractivity (Wildman–Crippen MR) is 160 cm³/mol. The number of carbonyl (C=O) groups excluding carboxylic acids is 1. The zero-order chi connectivity index (χ0) is 30.2. The fraction of sp³-hybridized carbons (Fsp3) is 0.531. The van der Waals surface area contributed by atoms with Gasteiger partial charge in [0.1, 0.15) is 11.9 Å². The predicted octanol–water partition coefficient (Wildman–Crippen LogP) is 4.21. The van der Waals surface area contributed by atoms with Crippen LogP contribution in [0.5, 0.6) is 5.75 Å². The molecule has 3 heterocycles. The number of ether oxygens (including phenoxy) is 4. The minimum atomic E-state index is -3.99. The Bertz CT molecular complexity index is 1340. The van der Waals surface area contributed by atoms with E-state index < -0.39 is 34.4 Å². The average molecular weight is 615 g/mol. The van der Waals surface area contributed by atoms with Gasteiger partial charge in [-0.15, -0.1) is 0 Å². The fourth-order valence-electron chi connectivity index (χ4n) is 5.91. The molecule has 2 saturated heterocycles. The molecule has 1 amide bonds. The van der Waals surface area contributed by atoms with E-state index in [1.165, 1.54) is 16.4 Å². The number of carbonyl (C=O) groups is 1. The Morgan fingerprint density at radius 2 is 1.88 bits per heavy atom. The van der Waals surface area contributed by atoms with Crippen molar-refractivity contribution in [2.24, 2.45) is 5.92 Å². The molecule has 234 valence electrons. The van der Waals surface area contributed by atoms with Gasteiger partial charge < -0.3 is 29.4 Å². The van der Waals surface area contributed by atoms with Crippen LogP contribution < -0.4 is 10.1 Å². The van der Waals surface area contributed by atoms with Gasteiger partial charge in [-0.05, 0) is 49.8 Å². The highest BCUT2D eigenvalue weighted by atomic mass is 32.2. The molecule has 10 nitrogen and oxygen atoms in total. The molecular formula is C32H42N2O8S. The number of nitrogens with one attached hydrogen (secondary N) is 1. The third-order valence-corrected chi connectivity index (χ3v) is 10.3. The van der Waals surface area contributed by atoms with Gasteiger partial charge in [0.05, 0.1) is 42.8 Å². The summed E-state index contributed by atoms with van der Waals surface area (Å²) in [6.45, 7) is 3.15. The Kier molecular flexibility index (Phi) is 10.7. The highest BCUT2D eigenvalue weighted by Gasteiger charge is 2.44. The Balaban J connectivity index is 1.37. The average Bonchev–Trinajstić information content (AvgIpc) is 3.63. The number of aliphatic hydroxyl groups is 1. The summed E-state index contributed by atoms with van der Waals surface area (Å²) in [5.74, 6) is 0.0875.